The van der Waals surface area contributed by atoms with Gasteiger partial charge in [0.25, 0.3) is 5.91 Å². The molecule has 0 saturated carbocycles. The van der Waals surface area contributed by atoms with Crippen LogP contribution in [0.15, 0.2) is 41.7 Å². The Hall–Kier alpha value is -3.07. The number of carbonyl (C=O) groups excluding carboxylic acids is 2. The van der Waals surface area contributed by atoms with Gasteiger partial charge in [-0.3, -0.25) is 9.59 Å². The van der Waals surface area contributed by atoms with Crippen LogP contribution in [-0.2, 0) is 9.59 Å². The molecule has 0 saturated heterocycles. The standard InChI is InChI=1S/C14H12N2O4/c1-8-2-4-9(5-3-8)11(17)6-12(18)13(19)10(7-15)14(16)20/h2-6,17,19H,1H3,(H2,16,20)/b11-6-,13-10-. The Kier molecular flexibility index (Phi) is 4.65. The number of hydrogen-bond acceptors (Lipinski definition) is 5. The van der Waals surface area contributed by atoms with Crippen molar-refractivity contribution in [3.63, 3.8) is 0 Å². The van der Waals surface area contributed by atoms with Crippen molar-refractivity contribution in [2.75, 3.05) is 0 Å². The predicted molar refractivity (Wildman–Crippen MR) is 71.3 cm³/mol. The van der Waals surface area contributed by atoms with Gasteiger partial charge in [-0.2, -0.15) is 5.26 Å². The van der Waals surface area contributed by atoms with E-state index in [1.807, 2.05) is 6.92 Å². The van der Waals surface area contributed by atoms with E-state index < -0.39 is 28.8 Å². The normalized spacial score (nSPS) is 12.3. The molecule has 0 spiro atoms. The molecular weight excluding hydrogens is 260 g/mol. The fourth-order valence-corrected chi connectivity index (χ4v) is 1.35. The van der Waals surface area contributed by atoms with Crippen molar-refractivity contribution in [3.05, 3.63) is 52.8 Å². The Morgan fingerprint density at radius 2 is 1.80 bits per heavy atom. The fourth-order valence-electron chi connectivity index (χ4n) is 1.35. The third kappa shape index (κ3) is 3.46. The van der Waals surface area contributed by atoms with E-state index in [4.69, 9.17) is 11.0 Å². The highest BCUT2D eigenvalue weighted by molar-refractivity contribution is 6.12. The second-order valence-corrected chi connectivity index (χ2v) is 3.96. The summed E-state index contributed by atoms with van der Waals surface area (Å²) in [6.45, 7) is 1.86. The molecule has 1 amide bonds. The number of benzene rings is 1. The molecule has 6 heteroatoms. The van der Waals surface area contributed by atoms with E-state index in [0.717, 1.165) is 5.56 Å². The van der Waals surface area contributed by atoms with Crippen LogP contribution < -0.4 is 5.73 Å². The topological polar surface area (TPSA) is 124 Å². The molecule has 102 valence electrons. The SMILES string of the molecule is Cc1ccc(/C(O)=C/C(=O)/C(O)=C(\C#N)C(N)=O)cc1. The Balaban J connectivity index is 3.11. The van der Waals surface area contributed by atoms with Gasteiger partial charge >= 0.3 is 0 Å². The number of hydrogen-bond donors (Lipinski definition) is 3. The van der Waals surface area contributed by atoms with Gasteiger partial charge in [0.15, 0.2) is 11.3 Å². The molecule has 0 atom stereocenters. The smallest absolute Gasteiger partial charge is 0.263 e. The number of carbonyl (C=O) groups is 2. The van der Waals surface area contributed by atoms with Crippen LogP contribution >= 0.6 is 0 Å². The lowest BCUT2D eigenvalue weighted by molar-refractivity contribution is -0.116. The van der Waals surface area contributed by atoms with Crippen molar-refractivity contribution in [2.45, 2.75) is 6.92 Å². The molecule has 0 heterocycles. The van der Waals surface area contributed by atoms with Gasteiger partial charge in [0.05, 0.1) is 0 Å². The number of aliphatic hydroxyl groups is 2. The van der Waals surface area contributed by atoms with E-state index in [2.05, 4.69) is 0 Å². The molecule has 0 aliphatic carbocycles. The maximum atomic E-state index is 11.6. The van der Waals surface area contributed by atoms with Gasteiger partial charge in [0, 0.05) is 11.6 Å². The second-order valence-electron chi connectivity index (χ2n) is 3.96. The fraction of sp³-hybridized carbons (Fsp3) is 0.0714. The van der Waals surface area contributed by atoms with Crippen LogP contribution in [-0.4, -0.2) is 21.9 Å². The minimum Gasteiger partial charge on any atom is -0.507 e. The molecule has 0 unspecified atom stereocenters. The molecule has 0 bridgehead atoms. The van der Waals surface area contributed by atoms with Crippen molar-refractivity contribution >= 4 is 17.4 Å². The molecule has 6 nitrogen and oxygen atoms in total. The summed E-state index contributed by atoms with van der Waals surface area (Å²) in [5.74, 6) is -3.80. The first kappa shape index (κ1) is 15.0. The summed E-state index contributed by atoms with van der Waals surface area (Å²) in [6, 6.07) is 7.93. The summed E-state index contributed by atoms with van der Waals surface area (Å²) >= 11 is 0. The molecular formula is C14H12N2O4. The lowest BCUT2D eigenvalue weighted by atomic mass is 10.1. The number of amides is 1. The Morgan fingerprint density at radius 1 is 1.25 bits per heavy atom. The zero-order chi connectivity index (χ0) is 15.3. The minimum absolute atomic E-state index is 0.356. The molecule has 0 radical (unpaired) electrons. The number of allylic oxidation sites excluding steroid dienone is 1. The zero-order valence-corrected chi connectivity index (χ0v) is 10.6. The summed E-state index contributed by atoms with van der Waals surface area (Å²) < 4.78 is 0. The van der Waals surface area contributed by atoms with Crippen LogP contribution in [0.25, 0.3) is 5.76 Å². The third-order valence-corrected chi connectivity index (χ3v) is 2.44. The van der Waals surface area contributed by atoms with E-state index in [-0.39, 0.29) is 0 Å². The second kappa shape index (κ2) is 6.20. The first-order chi connectivity index (χ1) is 9.36. The van der Waals surface area contributed by atoms with Crippen molar-refractivity contribution in [1.29, 1.82) is 5.26 Å². The van der Waals surface area contributed by atoms with Crippen LogP contribution in [0.4, 0.5) is 0 Å². The summed E-state index contributed by atoms with van der Waals surface area (Å²) in [4.78, 5) is 22.4. The maximum absolute atomic E-state index is 11.6. The summed E-state index contributed by atoms with van der Waals surface area (Å²) in [6.07, 6.45) is 0.709. The van der Waals surface area contributed by atoms with E-state index in [9.17, 15) is 19.8 Å². The quantitative estimate of drug-likeness (QED) is 0.432. The molecule has 0 aliphatic heterocycles. The molecule has 4 N–H and O–H groups in total. The average molecular weight is 272 g/mol. The molecule has 1 aromatic rings. The van der Waals surface area contributed by atoms with Crippen molar-refractivity contribution < 1.29 is 19.8 Å². The van der Waals surface area contributed by atoms with Gasteiger partial charge in [0.1, 0.15) is 11.8 Å². The molecule has 1 rings (SSSR count). The number of aryl methyl sites for hydroxylation is 1. The van der Waals surface area contributed by atoms with Gasteiger partial charge in [-0.25, -0.2) is 0 Å². The summed E-state index contributed by atoms with van der Waals surface area (Å²) in [5.41, 5.74) is 5.30. The number of rotatable bonds is 4. The number of nitrogens with zero attached hydrogens (tertiary/aromatic N) is 1. The molecule has 20 heavy (non-hydrogen) atoms. The molecule has 0 aromatic heterocycles. The van der Waals surface area contributed by atoms with Gasteiger partial charge in [-0.05, 0) is 6.92 Å². The minimum atomic E-state index is -1.22. The van der Waals surface area contributed by atoms with E-state index in [1.165, 1.54) is 6.07 Å². The first-order valence-electron chi connectivity index (χ1n) is 5.52. The van der Waals surface area contributed by atoms with Crippen LogP contribution in [0.3, 0.4) is 0 Å². The van der Waals surface area contributed by atoms with Gasteiger partial charge in [0.2, 0.25) is 5.78 Å². The van der Waals surface area contributed by atoms with Crippen molar-refractivity contribution in [3.8, 4) is 6.07 Å². The van der Waals surface area contributed by atoms with Gasteiger partial charge in [-0.1, -0.05) is 29.8 Å². The molecule has 1 aromatic carbocycles. The molecule has 0 aliphatic rings. The lowest BCUT2D eigenvalue weighted by Gasteiger charge is -2.01. The number of primary amides is 1. The zero-order valence-electron chi connectivity index (χ0n) is 10.6. The number of nitriles is 1. The van der Waals surface area contributed by atoms with E-state index in [1.54, 1.807) is 24.3 Å². The highest BCUT2D eigenvalue weighted by Gasteiger charge is 2.17. The highest BCUT2D eigenvalue weighted by Crippen LogP contribution is 2.13. The maximum Gasteiger partial charge on any atom is 0.263 e. The average Bonchev–Trinajstić information content (AvgIpc) is 2.39. The lowest BCUT2D eigenvalue weighted by Crippen LogP contribution is -2.17. The monoisotopic (exact) mass is 272 g/mol. The summed E-state index contributed by atoms with van der Waals surface area (Å²) in [5, 5.41) is 27.8. The Bertz CT molecular complexity index is 649. The number of aliphatic hydroxyl groups excluding tert-OH is 2. The number of nitrogens with two attached hydrogens (primary N) is 1. The first-order valence-corrected chi connectivity index (χ1v) is 5.52. The Morgan fingerprint density at radius 3 is 2.25 bits per heavy atom. The van der Waals surface area contributed by atoms with Crippen LogP contribution in [0.1, 0.15) is 11.1 Å². The van der Waals surface area contributed by atoms with Crippen LogP contribution in [0, 0.1) is 18.3 Å². The van der Waals surface area contributed by atoms with Crippen LogP contribution in [0.2, 0.25) is 0 Å². The summed E-state index contributed by atoms with van der Waals surface area (Å²) in [7, 11) is 0. The number of ketones is 1. The Labute approximate surface area is 115 Å². The van der Waals surface area contributed by atoms with E-state index in [0.29, 0.717) is 11.6 Å². The van der Waals surface area contributed by atoms with Crippen LogP contribution in [0.5, 0.6) is 0 Å². The molecule has 0 fully saturated rings. The largest absolute Gasteiger partial charge is 0.507 e. The third-order valence-electron chi connectivity index (χ3n) is 2.44. The van der Waals surface area contributed by atoms with E-state index >= 15 is 0 Å². The van der Waals surface area contributed by atoms with Crippen molar-refractivity contribution in [2.24, 2.45) is 5.73 Å². The van der Waals surface area contributed by atoms with Crippen molar-refractivity contribution in [1.82, 2.24) is 0 Å². The van der Waals surface area contributed by atoms with Gasteiger partial charge < -0.3 is 15.9 Å². The van der Waals surface area contributed by atoms with Gasteiger partial charge in [-0.15, -0.1) is 0 Å². The highest BCUT2D eigenvalue weighted by atomic mass is 16.3. The predicted octanol–water partition coefficient (Wildman–Crippen LogP) is 1.28.